The van der Waals surface area contributed by atoms with E-state index in [1.807, 2.05) is 6.07 Å². The third-order valence-corrected chi connectivity index (χ3v) is 2.81. The predicted molar refractivity (Wildman–Crippen MR) is 76.0 cm³/mol. The van der Waals surface area contributed by atoms with Crippen LogP contribution >= 0.6 is 0 Å². The van der Waals surface area contributed by atoms with Crippen LogP contribution in [0.1, 0.15) is 17.3 Å². The number of benzene rings is 1. The molecule has 0 aliphatic rings. The second-order valence-corrected chi connectivity index (χ2v) is 4.29. The Morgan fingerprint density at radius 2 is 1.95 bits per heavy atom. The Morgan fingerprint density at radius 3 is 2.63 bits per heavy atom. The molecule has 2 aromatic rings. The molecule has 2 rings (SSSR count). The average molecular weight is 254 g/mol. The summed E-state index contributed by atoms with van der Waals surface area (Å²) in [6.07, 6.45) is 1.41. The van der Waals surface area contributed by atoms with Crippen LogP contribution in [0.15, 0.2) is 59.7 Å². The third-order valence-electron chi connectivity index (χ3n) is 2.81. The monoisotopic (exact) mass is 254 g/mol. The van der Waals surface area contributed by atoms with Crippen LogP contribution in [0.4, 0.5) is 0 Å². The SMILES string of the molecule is C=C(C)C(=C)NC(=O)c1c[nH]c2ccccc2c1=O. The molecule has 0 radical (unpaired) electrons. The highest BCUT2D eigenvalue weighted by Crippen LogP contribution is 2.07. The van der Waals surface area contributed by atoms with E-state index in [0.29, 0.717) is 22.2 Å². The van der Waals surface area contributed by atoms with Crippen LogP contribution in [0.25, 0.3) is 10.9 Å². The van der Waals surface area contributed by atoms with Crippen molar-refractivity contribution in [2.75, 3.05) is 0 Å². The first-order chi connectivity index (χ1) is 9.00. The second kappa shape index (κ2) is 4.94. The van der Waals surface area contributed by atoms with Gasteiger partial charge in [-0.3, -0.25) is 9.59 Å². The molecule has 2 N–H and O–H groups in total. The van der Waals surface area contributed by atoms with Gasteiger partial charge in [0, 0.05) is 22.8 Å². The van der Waals surface area contributed by atoms with Crippen molar-refractivity contribution in [1.82, 2.24) is 10.3 Å². The van der Waals surface area contributed by atoms with E-state index in [1.165, 1.54) is 6.20 Å². The van der Waals surface area contributed by atoms with Crippen LogP contribution in [0.5, 0.6) is 0 Å². The van der Waals surface area contributed by atoms with E-state index in [-0.39, 0.29) is 11.0 Å². The number of allylic oxidation sites excluding steroid dienone is 1. The van der Waals surface area contributed by atoms with Crippen LogP contribution in [0.3, 0.4) is 0 Å². The Bertz CT molecular complexity index is 741. The first-order valence-electron chi connectivity index (χ1n) is 5.77. The van der Waals surface area contributed by atoms with Crippen molar-refractivity contribution in [3.05, 3.63) is 70.7 Å². The second-order valence-electron chi connectivity index (χ2n) is 4.29. The number of pyridine rings is 1. The minimum atomic E-state index is -0.486. The molecule has 4 heteroatoms. The molecular formula is C15H14N2O2. The van der Waals surface area contributed by atoms with Gasteiger partial charge in [-0.25, -0.2) is 0 Å². The van der Waals surface area contributed by atoms with Crippen molar-refractivity contribution in [2.45, 2.75) is 6.92 Å². The van der Waals surface area contributed by atoms with Gasteiger partial charge >= 0.3 is 0 Å². The van der Waals surface area contributed by atoms with Gasteiger partial charge in [-0.2, -0.15) is 0 Å². The average Bonchev–Trinajstić information content (AvgIpc) is 2.39. The molecule has 0 saturated carbocycles. The summed E-state index contributed by atoms with van der Waals surface area (Å²) in [6.45, 7) is 9.07. The Kier molecular flexibility index (Phi) is 3.33. The highest BCUT2D eigenvalue weighted by atomic mass is 16.2. The summed E-state index contributed by atoms with van der Waals surface area (Å²) in [6, 6.07) is 7.04. The number of amides is 1. The van der Waals surface area contributed by atoms with Gasteiger partial charge in [-0.05, 0) is 24.6 Å². The van der Waals surface area contributed by atoms with Crippen LogP contribution in [0, 0.1) is 0 Å². The molecule has 0 fully saturated rings. The molecule has 0 aliphatic heterocycles. The maximum atomic E-state index is 12.2. The summed E-state index contributed by atoms with van der Waals surface area (Å²) in [5, 5.41) is 3.03. The molecule has 1 aromatic carbocycles. The third kappa shape index (κ3) is 2.47. The Labute approximate surface area is 110 Å². The van der Waals surface area contributed by atoms with E-state index in [2.05, 4.69) is 23.5 Å². The number of rotatable bonds is 3. The number of carbonyl (C=O) groups is 1. The molecular weight excluding hydrogens is 240 g/mol. The van der Waals surface area contributed by atoms with Crippen molar-refractivity contribution >= 4 is 16.8 Å². The number of hydrogen-bond donors (Lipinski definition) is 2. The highest BCUT2D eigenvalue weighted by Gasteiger charge is 2.13. The van der Waals surface area contributed by atoms with Crippen LogP contribution < -0.4 is 10.7 Å². The van der Waals surface area contributed by atoms with Crippen molar-refractivity contribution < 1.29 is 4.79 Å². The summed E-state index contributed by atoms with van der Waals surface area (Å²) in [5.41, 5.74) is 1.49. The smallest absolute Gasteiger partial charge is 0.261 e. The summed E-state index contributed by atoms with van der Waals surface area (Å²) in [7, 11) is 0. The highest BCUT2D eigenvalue weighted by molar-refractivity contribution is 5.98. The standard InChI is InChI=1S/C15H14N2O2/c1-9(2)10(3)17-15(19)12-8-16-13-7-5-4-6-11(13)14(12)18/h4-8H,1,3H2,2H3,(H,16,18)(H,17,19). The normalized spacial score (nSPS) is 10.2. The van der Waals surface area contributed by atoms with Crippen molar-refractivity contribution in [3.63, 3.8) is 0 Å². The molecule has 0 aliphatic carbocycles. The molecule has 96 valence electrons. The molecule has 0 saturated heterocycles. The molecule has 4 nitrogen and oxygen atoms in total. The fourth-order valence-corrected chi connectivity index (χ4v) is 1.65. The van der Waals surface area contributed by atoms with Crippen molar-refractivity contribution in [1.29, 1.82) is 0 Å². The first-order valence-corrected chi connectivity index (χ1v) is 5.77. The van der Waals surface area contributed by atoms with Gasteiger partial charge in [0.1, 0.15) is 5.56 Å². The van der Waals surface area contributed by atoms with Gasteiger partial charge in [-0.1, -0.05) is 25.3 Å². The van der Waals surface area contributed by atoms with E-state index < -0.39 is 5.91 Å². The maximum absolute atomic E-state index is 12.2. The maximum Gasteiger partial charge on any atom is 0.261 e. The van der Waals surface area contributed by atoms with E-state index in [4.69, 9.17) is 0 Å². The van der Waals surface area contributed by atoms with Crippen LogP contribution in [-0.2, 0) is 0 Å². The minimum absolute atomic E-state index is 0.0566. The Morgan fingerprint density at radius 1 is 1.26 bits per heavy atom. The Balaban J connectivity index is 2.44. The van der Waals surface area contributed by atoms with E-state index in [1.54, 1.807) is 25.1 Å². The number of nitrogens with one attached hydrogen (secondary N) is 2. The first kappa shape index (κ1) is 12.8. The van der Waals surface area contributed by atoms with Gasteiger partial charge < -0.3 is 10.3 Å². The largest absolute Gasteiger partial charge is 0.360 e. The number of H-pyrrole nitrogens is 1. The number of aromatic amines is 1. The summed E-state index contributed by atoms with van der Waals surface area (Å²) < 4.78 is 0. The van der Waals surface area contributed by atoms with Gasteiger partial charge in [-0.15, -0.1) is 0 Å². The summed E-state index contributed by atoms with van der Waals surface area (Å²) >= 11 is 0. The van der Waals surface area contributed by atoms with E-state index in [0.717, 1.165) is 0 Å². The zero-order valence-corrected chi connectivity index (χ0v) is 10.6. The van der Waals surface area contributed by atoms with Crippen molar-refractivity contribution in [2.24, 2.45) is 0 Å². The molecule has 0 atom stereocenters. The van der Waals surface area contributed by atoms with E-state index in [9.17, 15) is 9.59 Å². The number of hydrogen-bond acceptors (Lipinski definition) is 2. The molecule has 1 aromatic heterocycles. The lowest BCUT2D eigenvalue weighted by Gasteiger charge is -2.07. The molecule has 1 heterocycles. The van der Waals surface area contributed by atoms with Crippen molar-refractivity contribution in [3.8, 4) is 0 Å². The molecule has 0 bridgehead atoms. The van der Waals surface area contributed by atoms with Crippen LogP contribution in [0.2, 0.25) is 0 Å². The lowest BCUT2D eigenvalue weighted by molar-refractivity contribution is 0.0965. The minimum Gasteiger partial charge on any atom is -0.360 e. The van der Waals surface area contributed by atoms with Gasteiger partial charge in [0.25, 0.3) is 5.91 Å². The summed E-state index contributed by atoms with van der Waals surface area (Å²) in [5.74, 6) is -0.486. The molecule has 0 spiro atoms. The number of para-hydroxylation sites is 1. The van der Waals surface area contributed by atoms with E-state index >= 15 is 0 Å². The fourth-order valence-electron chi connectivity index (χ4n) is 1.65. The van der Waals surface area contributed by atoms with Gasteiger partial charge in [0.2, 0.25) is 5.43 Å². The molecule has 1 amide bonds. The quantitative estimate of drug-likeness (QED) is 0.826. The zero-order chi connectivity index (χ0) is 14.0. The summed E-state index contributed by atoms with van der Waals surface area (Å²) in [4.78, 5) is 27.1. The topological polar surface area (TPSA) is 62.0 Å². The number of fused-ring (bicyclic) bond motifs is 1. The Hall–Kier alpha value is -2.62. The van der Waals surface area contributed by atoms with Gasteiger partial charge in [0.15, 0.2) is 0 Å². The predicted octanol–water partition coefficient (Wildman–Crippen LogP) is 2.35. The zero-order valence-electron chi connectivity index (χ0n) is 10.6. The lowest BCUT2D eigenvalue weighted by atomic mass is 10.1. The fraction of sp³-hybridized carbons (Fsp3) is 0.0667. The number of aromatic nitrogens is 1. The molecule has 0 unspecified atom stereocenters. The van der Waals surface area contributed by atoms with Gasteiger partial charge in [0.05, 0.1) is 0 Å². The van der Waals surface area contributed by atoms with Crippen LogP contribution in [-0.4, -0.2) is 10.9 Å². The lowest BCUT2D eigenvalue weighted by Crippen LogP contribution is -2.28. The number of carbonyl (C=O) groups excluding carboxylic acids is 1. The molecule has 19 heavy (non-hydrogen) atoms.